The Hall–Kier alpha value is -3.71. The third-order valence-corrected chi connectivity index (χ3v) is 5.80. The van der Waals surface area contributed by atoms with E-state index in [-0.39, 0.29) is 31.3 Å². The Labute approximate surface area is 216 Å². The minimum absolute atomic E-state index is 0.0428. The molecule has 13 heteroatoms. The molecule has 5 atom stereocenters. The molecule has 3 amide bonds. The molecule has 0 aliphatic carbocycles. The summed E-state index contributed by atoms with van der Waals surface area (Å²) >= 11 is 0. The molecule has 0 fully saturated rings. The van der Waals surface area contributed by atoms with E-state index in [0.29, 0.717) is 18.4 Å². The van der Waals surface area contributed by atoms with Crippen LogP contribution >= 0.6 is 0 Å². The lowest BCUT2D eigenvalue weighted by Gasteiger charge is -2.27. The second kappa shape index (κ2) is 16.1. The predicted molar refractivity (Wildman–Crippen MR) is 138 cm³/mol. The number of benzene rings is 1. The van der Waals surface area contributed by atoms with Crippen molar-refractivity contribution >= 4 is 29.7 Å². The summed E-state index contributed by atoms with van der Waals surface area (Å²) in [7, 11) is 0. The molecule has 11 N–H and O–H groups in total. The molecule has 37 heavy (non-hydrogen) atoms. The number of nitrogens with one attached hydrogen (secondary N) is 3. The summed E-state index contributed by atoms with van der Waals surface area (Å²) in [5.41, 5.74) is 16.9. The van der Waals surface area contributed by atoms with Crippen LogP contribution in [-0.2, 0) is 25.6 Å². The Bertz CT molecular complexity index is 923. The van der Waals surface area contributed by atoms with Gasteiger partial charge in [0.1, 0.15) is 24.2 Å². The summed E-state index contributed by atoms with van der Waals surface area (Å²) in [4.78, 5) is 54.2. The minimum Gasteiger partial charge on any atom is -0.480 e. The predicted octanol–water partition coefficient (Wildman–Crippen LogP) is -1.81. The minimum atomic E-state index is -1.24. The fourth-order valence-corrected chi connectivity index (χ4v) is 3.40. The summed E-state index contributed by atoms with van der Waals surface area (Å²) in [5.74, 6) is -3.76. The Morgan fingerprint density at radius 1 is 0.973 bits per heavy atom. The van der Waals surface area contributed by atoms with E-state index in [2.05, 4.69) is 20.9 Å². The first kappa shape index (κ1) is 31.3. The number of nitrogens with zero attached hydrogens (tertiary/aromatic N) is 1. The van der Waals surface area contributed by atoms with Crippen molar-refractivity contribution < 1.29 is 29.4 Å². The molecular weight excluding hydrogens is 482 g/mol. The number of rotatable bonds is 16. The van der Waals surface area contributed by atoms with Gasteiger partial charge in [-0.15, -0.1) is 0 Å². The van der Waals surface area contributed by atoms with Crippen LogP contribution in [0.4, 0.5) is 0 Å². The van der Waals surface area contributed by atoms with Gasteiger partial charge in [-0.05, 0) is 24.3 Å². The molecule has 1 aromatic carbocycles. The van der Waals surface area contributed by atoms with Crippen molar-refractivity contribution in [2.75, 3.05) is 13.2 Å². The van der Waals surface area contributed by atoms with Gasteiger partial charge in [-0.1, -0.05) is 50.6 Å². The maximum absolute atomic E-state index is 13.2. The summed E-state index contributed by atoms with van der Waals surface area (Å²) in [6.07, 6.45) is 0.971. The second-order valence-corrected chi connectivity index (χ2v) is 8.76. The number of hydrogen-bond acceptors (Lipinski definition) is 7. The first-order chi connectivity index (χ1) is 17.5. The Kier molecular flexibility index (Phi) is 13.6. The number of carbonyl (C=O) groups is 4. The van der Waals surface area contributed by atoms with Crippen LogP contribution in [-0.4, -0.2) is 77.2 Å². The van der Waals surface area contributed by atoms with Crippen LogP contribution < -0.4 is 33.2 Å². The Morgan fingerprint density at radius 3 is 2.14 bits per heavy atom. The van der Waals surface area contributed by atoms with Crippen molar-refractivity contribution in [2.45, 2.75) is 63.7 Å². The van der Waals surface area contributed by atoms with Gasteiger partial charge in [0, 0.05) is 13.0 Å². The highest BCUT2D eigenvalue weighted by Gasteiger charge is 2.32. The molecule has 0 saturated carbocycles. The zero-order valence-electron chi connectivity index (χ0n) is 21.2. The number of hydrogen-bond donors (Lipinski definition) is 8. The second-order valence-electron chi connectivity index (χ2n) is 8.76. The topological polar surface area (TPSA) is 235 Å². The molecule has 0 aliphatic rings. The van der Waals surface area contributed by atoms with Gasteiger partial charge in [-0.2, -0.15) is 0 Å². The molecule has 0 spiro atoms. The van der Waals surface area contributed by atoms with E-state index in [1.807, 2.05) is 6.92 Å². The number of aliphatic hydroxyl groups is 1. The third kappa shape index (κ3) is 11.3. The summed E-state index contributed by atoms with van der Waals surface area (Å²) < 4.78 is 0. The molecule has 0 saturated heterocycles. The Balaban J connectivity index is 3.08. The molecule has 0 radical (unpaired) electrons. The van der Waals surface area contributed by atoms with Gasteiger partial charge < -0.3 is 43.4 Å². The van der Waals surface area contributed by atoms with Crippen LogP contribution in [0.15, 0.2) is 35.3 Å². The number of guanidine groups is 1. The van der Waals surface area contributed by atoms with E-state index >= 15 is 0 Å². The number of carboxylic acids is 1. The summed E-state index contributed by atoms with van der Waals surface area (Å²) in [5, 5.41) is 26.4. The SMILES string of the molecule is CCC(C)C(NC(=O)C(N)CO)C(=O)NC(CCCN=C(N)N)C(=O)NC(Cc1ccccc1)C(=O)O. The van der Waals surface area contributed by atoms with Gasteiger partial charge in [-0.3, -0.25) is 19.4 Å². The lowest BCUT2D eigenvalue weighted by atomic mass is 9.97. The van der Waals surface area contributed by atoms with Gasteiger partial charge >= 0.3 is 5.97 Å². The highest BCUT2D eigenvalue weighted by Crippen LogP contribution is 2.11. The zero-order chi connectivity index (χ0) is 28.0. The van der Waals surface area contributed by atoms with Gasteiger partial charge in [0.15, 0.2) is 5.96 Å². The first-order valence-electron chi connectivity index (χ1n) is 12.1. The smallest absolute Gasteiger partial charge is 0.326 e. The summed E-state index contributed by atoms with van der Waals surface area (Å²) in [6.45, 7) is 3.15. The van der Waals surface area contributed by atoms with Gasteiger partial charge in [-0.25, -0.2) is 4.79 Å². The number of aliphatic imine (C=N–C) groups is 1. The molecule has 1 aromatic rings. The van der Waals surface area contributed by atoms with Crippen molar-refractivity contribution in [3.8, 4) is 0 Å². The number of nitrogens with two attached hydrogens (primary N) is 3. The van der Waals surface area contributed by atoms with E-state index in [0.717, 1.165) is 0 Å². The van der Waals surface area contributed by atoms with Crippen molar-refractivity contribution in [3.63, 3.8) is 0 Å². The third-order valence-electron chi connectivity index (χ3n) is 5.80. The van der Waals surface area contributed by atoms with Crippen LogP contribution in [0.3, 0.4) is 0 Å². The number of carbonyl (C=O) groups excluding carboxylic acids is 3. The lowest BCUT2D eigenvalue weighted by Crippen LogP contribution is -2.59. The van der Waals surface area contributed by atoms with Crippen LogP contribution in [0.25, 0.3) is 0 Å². The molecule has 0 aromatic heterocycles. The lowest BCUT2D eigenvalue weighted by molar-refractivity contribution is -0.142. The van der Waals surface area contributed by atoms with Crippen LogP contribution in [0, 0.1) is 5.92 Å². The number of amides is 3. The molecule has 5 unspecified atom stereocenters. The monoisotopic (exact) mass is 521 g/mol. The average Bonchev–Trinajstić information content (AvgIpc) is 2.87. The molecule has 0 heterocycles. The van der Waals surface area contributed by atoms with Crippen LogP contribution in [0.1, 0.15) is 38.7 Å². The highest BCUT2D eigenvalue weighted by atomic mass is 16.4. The van der Waals surface area contributed by atoms with Crippen molar-refractivity contribution in [1.29, 1.82) is 0 Å². The van der Waals surface area contributed by atoms with Crippen molar-refractivity contribution in [3.05, 3.63) is 35.9 Å². The summed E-state index contributed by atoms with van der Waals surface area (Å²) in [6, 6.07) is 4.17. The molecule has 1 rings (SSSR count). The van der Waals surface area contributed by atoms with E-state index in [1.54, 1.807) is 37.3 Å². The van der Waals surface area contributed by atoms with Crippen molar-refractivity contribution in [1.82, 2.24) is 16.0 Å². The normalized spacial score (nSPS) is 14.8. The number of aliphatic hydroxyl groups excluding tert-OH is 1. The van der Waals surface area contributed by atoms with E-state index < -0.39 is 54.5 Å². The van der Waals surface area contributed by atoms with Crippen molar-refractivity contribution in [2.24, 2.45) is 28.1 Å². The van der Waals surface area contributed by atoms with Crippen LogP contribution in [0.5, 0.6) is 0 Å². The molecule has 206 valence electrons. The van der Waals surface area contributed by atoms with Gasteiger partial charge in [0.2, 0.25) is 17.7 Å². The quantitative estimate of drug-likeness (QED) is 0.0694. The Morgan fingerprint density at radius 2 is 1.59 bits per heavy atom. The average molecular weight is 522 g/mol. The standard InChI is InChI=1S/C24H39N7O6/c1-3-14(2)19(31-20(33)16(25)13-32)22(35)29-17(10-7-11-28-24(26)27)21(34)30-18(23(36)37)12-15-8-5-4-6-9-15/h4-6,8-9,14,16-19,32H,3,7,10-13,25H2,1-2H3,(H,29,35)(H,30,34)(H,31,33)(H,36,37)(H4,26,27,28). The highest BCUT2D eigenvalue weighted by molar-refractivity contribution is 5.94. The van der Waals surface area contributed by atoms with E-state index in [4.69, 9.17) is 22.3 Å². The zero-order valence-corrected chi connectivity index (χ0v) is 21.2. The first-order valence-corrected chi connectivity index (χ1v) is 12.1. The van der Waals surface area contributed by atoms with E-state index in [9.17, 15) is 24.3 Å². The largest absolute Gasteiger partial charge is 0.480 e. The van der Waals surface area contributed by atoms with Crippen LogP contribution in [0.2, 0.25) is 0 Å². The molecular formula is C24H39N7O6. The number of carboxylic acid groups (broad SMARTS) is 1. The molecule has 13 nitrogen and oxygen atoms in total. The number of aliphatic carboxylic acids is 1. The van der Waals surface area contributed by atoms with Gasteiger partial charge in [0.25, 0.3) is 0 Å². The van der Waals surface area contributed by atoms with Gasteiger partial charge in [0.05, 0.1) is 6.61 Å². The maximum Gasteiger partial charge on any atom is 0.326 e. The fourth-order valence-electron chi connectivity index (χ4n) is 3.40. The maximum atomic E-state index is 13.2. The molecule has 0 bridgehead atoms. The van der Waals surface area contributed by atoms with E-state index in [1.165, 1.54) is 0 Å². The fraction of sp³-hybridized carbons (Fsp3) is 0.542. The molecule has 0 aliphatic heterocycles.